The Morgan fingerprint density at radius 1 is 0.786 bits per heavy atom. The maximum absolute atomic E-state index is 11.9. The Hall–Kier alpha value is -0.560. The summed E-state index contributed by atoms with van der Waals surface area (Å²) in [4.78, 5) is 23.8. The summed E-state index contributed by atoms with van der Waals surface area (Å²) < 4.78 is 10.9. The fourth-order valence-corrected chi connectivity index (χ4v) is 2.68. The van der Waals surface area contributed by atoms with Crippen LogP contribution in [0.4, 0.5) is 0 Å². The summed E-state index contributed by atoms with van der Waals surface area (Å²) in [6.07, 6.45) is 5.61. The summed E-state index contributed by atoms with van der Waals surface area (Å²) in [6.45, 7) is 10.5. The average Bonchev–Trinajstić information content (AvgIpc) is 3.55. The lowest BCUT2D eigenvalue weighted by molar-refractivity contribution is -0.151. The number of hydrogen-bond donors (Lipinski definition) is 2. The molecule has 2 atom stereocenters. The number of halogens is 2. The normalized spacial score (nSPS) is 20.0. The molecule has 0 amide bonds. The van der Waals surface area contributed by atoms with Crippen molar-refractivity contribution in [2.24, 2.45) is 10.8 Å². The van der Waals surface area contributed by atoms with Crippen LogP contribution in [-0.4, -0.2) is 50.3 Å². The van der Waals surface area contributed by atoms with E-state index in [-0.39, 0.29) is 59.7 Å². The zero-order valence-electron chi connectivity index (χ0n) is 17.7. The fourth-order valence-electron chi connectivity index (χ4n) is 2.68. The van der Waals surface area contributed by atoms with Crippen molar-refractivity contribution in [2.75, 3.05) is 26.3 Å². The van der Waals surface area contributed by atoms with Crippen molar-refractivity contribution in [3.8, 4) is 0 Å². The highest BCUT2D eigenvalue weighted by atomic mass is 35.5. The minimum absolute atomic E-state index is 0. The summed E-state index contributed by atoms with van der Waals surface area (Å²) in [7, 11) is 0. The lowest BCUT2D eigenvalue weighted by Gasteiger charge is -2.21. The largest absolute Gasteiger partial charge is 0.464 e. The molecule has 166 valence electrons. The SMILES string of the molecule is CC[C@@H](COC(=O)C1(C)CC1)NCCN[C@@H](CC)COC(=O)C1(C)CC1.Cl.Cl. The van der Waals surface area contributed by atoms with Gasteiger partial charge in [0, 0.05) is 25.2 Å². The van der Waals surface area contributed by atoms with E-state index < -0.39 is 0 Å². The molecule has 2 fully saturated rings. The number of nitrogens with one attached hydrogen (secondary N) is 2. The summed E-state index contributed by atoms with van der Waals surface area (Å²) in [5, 5.41) is 6.86. The van der Waals surface area contributed by atoms with Crippen molar-refractivity contribution >= 4 is 36.8 Å². The van der Waals surface area contributed by atoms with Gasteiger partial charge in [0.2, 0.25) is 0 Å². The average molecular weight is 441 g/mol. The first-order chi connectivity index (χ1) is 12.3. The van der Waals surface area contributed by atoms with Crippen LogP contribution in [0.2, 0.25) is 0 Å². The molecule has 8 heteroatoms. The Bertz CT molecular complexity index is 453. The third kappa shape index (κ3) is 8.44. The van der Waals surface area contributed by atoms with Crippen molar-refractivity contribution in [1.82, 2.24) is 10.6 Å². The van der Waals surface area contributed by atoms with Crippen LogP contribution in [0.3, 0.4) is 0 Å². The second-order valence-corrected chi connectivity index (χ2v) is 8.44. The van der Waals surface area contributed by atoms with Gasteiger partial charge in [0.05, 0.1) is 10.8 Å². The highest BCUT2D eigenvalue weighted by molar-refractivity contribution is 5.85. The lowest BCUT2D eigenvalue weighted by atomic mass is 10.1. The summed E-state index contributed by atoms with van der Waals surface area (Å²) in [5.41, 5.74) is -0.438. The Balaban J connectivity index is 0.00000364. The van der Waals surface area contributed by atoms with Gasteiger partial charge in [-0.1, -0.05) is 13.8 Å². The molecule has 2 N–H and O–H groups in total. The Labute approximate surface area is 182 Å². The van der Waals surface area contributed by atoms with Crippen molar-refractivity contribution < 1.29 is 19.1 Å². The standard InChI is InChI=1S/C20H36N2O4.2ClH/c1-5-15(13-25-17(23)19(3)7-8-19)21-11-12-22-16(6-2)14-26-18(24)20(4)9-10-20;;/h15-16,21-22H,5-14H2,1-4H3;2*1H/t15-,16-;;/m0../s1. The van der Waals surface area contributed by atoms with Gasteiger partial charge in [-0.15, -0.1) is 24.8 Å². The fraction of sp³-hybridized carbons (Fsp3) is 0.900. The van der Waals surface area contributed by atoms with Gasteiger partial charge >= 0.3 is 11.9 Å². The highest BCUT2D eigenvalue weighted by Gasteiger charge is 2.47. The maximum atomic E-state index is 11.9. The molecular weight excluding hydrogens is 403 g/mol. The first-order valence-corrected chi connectivity index (χ1v) is 10.1. The molecule has 2 saturated carbocycles. The molecule has 2 aliphatic carbocycles. The Kier molecular flexibility index (Phi) is 12.0. The van der Waals surface area contributed by atoms with E-state index in [2.05, 4.69) is 24.5 Å². The second kappa shape index (κ2) is 12.2. The van der Waals surface area contributed by atoms with E-state index in [1.165, 1.54) is 0 Å². The van der Waals surface area contributed by atoms with Gasteiger partial charge in [0.25, 0.3) is 0 Å². The molecule has 0 bridgehead atoms. The van der Waals surface area contributed by atoms with Crippen LogP contribution in [0.5, 0.6) is 0 Å². The van der Waals surface area contributed by atoms with Crippen LogP contribution in [0.25, 0.3) is 0 Å². The van der Waals surface area contributed by atoms with Gasteiger partial charge in [0.1, 0.15) is 13.2 Å². The van der Waals surface area contributed by atoms with Gasteiger partial charge in [0.15, 0.2) is 0 Å². The Morgan fingerprint density at radius 2 is 1.11 bits per heavy atom. The highest BCUT2D eigenvalue weighted by Crippen LogP contribution is 2.46. The number of esters is 2. The molecule has 28 heavy (non-hydrogen) atoms. The molecule has 0 saturated heterocycles. The van der Waals surface area contributed by atoms with Gasteiger partial charge in [-0.25, -0.2) is 0 Å². The van der Waals surface area contributed by atoms with E-state index in [9.17, 15) is 9.59 Å². The molecule has 0 aromatic rings. The number of ether oxygens (including phenoxy) is 2. The van der Waals surface area contributed by atoms with Crippen LogP contribution in [0.15, 0.2) is 0 Å². The molecule has 0 spiro atoms. The maximum Gasteiger partial charge on any atom is 0.311 e. The first kappa shape index (κ1) is 27.4. The van der Waals surface area contributed by atoms with E-state index in [1.807, 2.05) is 13.8 Å². The van der Waals surface area contributed by atoms with Crippen molar-refractivity contribution in [3.05, 3.63) is 0 Å². The van der Waals surface area contributed by atoms with Crippen LogP contribution in [0, 0.1) is 10.8 Å². The zero-order valence-corrected chi connectivity index (χ0v) is 19.3. The van der Waals surface area contributed by atoms with E-state index in [1.54, 1.807) is 0 Å². The van der Waals surface area contributed by atoms with E-state index in [0.29, 0.717) is 13.2 Å². The second-order valence-electron chi connectivity index (χ2n) is 8.44. The van der Waals surface area contributed by atoms with Crippen LogP contribution < -0.4 is 10.6 Å². The first-order valence-electron chi connectivity index (χ1n) is 10.1. The molecule has 0 heterocycles. The number of carbonyl (C=O) groups excluding carboxylic acids is 2. The number of carbonyl (C=O) groups is 2. The topological polar surface area (TPSA) is 76.7 Å². The minimum Gasteiger partial charge on any atom is -0.464 e. The number of rotatable bonds is 13. The van der Waals surface area contributed by atoms with E-state index >= 15 is 0 Å². The van der Waals surface area contributed by atoms with Crippen molar-refractivity contribution in [3.63, 3.8) is 0 Å². The molecule has 6 nitrogen and oxygen atoms in total. The van der Waals surface area contributed by atoms with Gasteiger partial charge < -0.3 is 20.1 Å². The summed E-state index contributed by atoms with van der Waals surface area (Å²) in [5.74, 6) is -0.124. The molecule has 0 radical (unpaired) electrons. The minimum atomic E-state index is -0.219. The third-order valence-corrected chi connectivity index (χ3v) is 5.79. The lowest BCUT2D eigenvalue weighted by Crippen LogP contribution is -2.42. The van der Waals surface area contributed by atoms with E-state index in [4.69, 9.17) is 9.47 Å². The predicted molar refractivity (Wildman–Crippen MR) is 115 cm³/mol. The zero-order chi connectivity index (χ0) is 19.2. The molecule has 0 aromatic heterocycles. The van der Waals surface area contributed by atoms with Gasteiger partial charge in [-0.2, -0.15) is 0 Å². The smallest absolute Gasteiger partial charge is 0.311 e. The molecular formula is C20H38Cl2N2O4. The molecule has 2 aliphatic rings. The molecule has 0 aromatic carbocycles. The van der Waals surface area contributed by atoms with Crippen LogP contribution in [0.1, 0.15) is 66.2 Å². The van der Waals surface area contributed by atoms with Crippen LogP contribution >= 0.6 is 24.8 Å². The third-order valence-electron chi connectivity index (χ3n) is 5.79. The van der Waals surface area contributed by atoms with Gasteiger partial charge in [-0.05, 0) is 52.4 Å². The quantitative estimate of drug-likeness (QED) is 0.338. The summed E-state index contributed by atoms with van der Waals surface area (Å²) in [6, 6.07) is 0.353. The van der Waals surface area contributed by atoms with Gasteiger partial charge in [-0.3, -0.25) is 9.59 Å². The van der Waals surface area contributed by atoms with Crippen molar-refractivity contribution in [1.29, 1.82) is 0 Å². The molecule has 0 unspecified atom stereocenters. The van der Waals surface area contributed by atoms with Crippen molar-refractivity contribution in [2.45, 2.75) is 78.3 Å². The molecule has 0 aliphatic heterocycles. The van der Waals surface area contributed by atoms with E-state index in [0.717, 1.165) is 51.6 Å². The predicted octanol–water partition coefficient (Wildman–Crippen LogP) is 3.25. The van der Waals surface area contributed by atoms with Crippen LogP contribution in [-0.2, 0) is 19.1 Å². The monoisotopic (exact) mass is 440 g/mol. The number of hydrogen-bond acceptors (Lipinski definition) is 6. The summed E-state index contributed by atoms with van der Waals surface area (Å²) >= 11 is 0. The Morgan fingerprint density at radius 3 is 1.36 bits per heavy atom. The molecule has 2 rings (SSSR count).